The molecule has 0 bridgehead atoms. The fourth-order valence-electron chi connectivity index (χ4n) is 3.09. The van der Waals surface area contributed by atoms with Crippen LogP contribution in [0.2, 0.25) is 0 Å². The summed E-state index contributed by atoms with van der Waals surface area (Å²) in [5.41, 5.74) is 2.40. The average molecular weight is 524 g/mol. The first-order chi connectivity index (χ1) is 16.7. The molecule has 4 rings (SSSR count). The van der Waals surface area contributed by atoms with Crippen LogP contribution in [0.4, 0.5) is 5.69 Å². The minimum Gasteiger partial charge on any atom is -0.267 e. The molecule has 0 aliphatic carbocycles. The number of nitro benzene ring substituents is 1. The number of hydrogen-bond acceptors (Lipinski definition) is 7. The minimum absolute atomic E-state index is 0.00216. The number of nitrogens with zero attached hydrogens (tertiary/aromatic N) is 2. The summed E-state index contributed by atoms with van der Waals surface area (Å²) in [5.74, 6) is -0.637. The summed E-state index contributed by atoms with van der Waals surface area (Å²) in [5, 5.41) is 11.7. The van der Waals surface area contributed by atoms with E-state index in [9.17, 15) is 23.3 Å². The summed E-state index contributed by atoms with van der Waals surface area (Å²) in [4.78, 5) is 25.1. The predicted molar refractivity (Wildman–Crippen MR) is 140 cm³/mol. The van der Waals surface area contributed by atoms with E-state index >= 15 is 0 Å². The SMILES string of the molecule is O=C1/C(=C\c2ccc(/C=C/c3ccccc3)cc2)SC(=S)N1NS(=O)(=O)c1cccc([N+](=O)[O-])c1. The molecule has 1 saturated heterocycles. The molecule has 11 heteroatoms. The van der Waals surface area contributed by atoms with Crippen LogP contribution in [0.5, 0.6) is 0 Å². The van der Waals surface area contributed by atoms with E-state index in [1.165, 1.54) is 18.2 Å². The second-order valence-corrected chi connectivity index (χ2v) is 10.6. The molecule has 176 valence electrons. The van der Waals surface area contributed by atoms with Gasteiger partial charge in [-0.1, -0.05) is 96.8 Å². The number of sulfonamides is 1. The van der Waals surface area contributed by atoms with E-state index in [0.717, 1.165) is 39.5 Å². The van der Waals surface area contributed by atoms with Crippen molar-refractivity contribution in [3.05, 3.63) is 111 Å². The number of hydrazine groups is 1. The highest BCUT2D eigenvalue weighted by atomic mass is 32.2. The van der Waals surface area contributed by atoms with E-state index in [4.69, 9.17) is 12.2 Å². The summed E-state index contributed by atoms with van der Waals surface area (Å²) < 4.78 is 25.4. The first-order valence-electron chi connectivity index (χ1n) is 10.1. The predicted octanol–water partition coefficient (Wildman–Crippen LogP) is 4.86. The molecule has 3 aromatic rings. The van der Waals surface area contributed by atoms with E-state index in [2.05, 4.69) is 4.83 Å². The van der Waals surface area contributed by atoms with Crippen molar-refractivity contribution in [2.75, 3.05) is 0 Å². The lowest BCUT2D eigenvalue weighted by Gasteiger charge is -2.15. The van der Waals surface area contributed by atoms with Crippen LogP contribution in [0, 0.1) is 10.1 Å². The van der Waals surface area contributed by atoms with Gasteiger partial charge in [0.2, 0.25) is 0 Å². The maximum Gasteiger partial charge on any atom is 0.281 e. The largest absolute Gasteiger partial charge is 0.281 e. The van der Waals surface area contributed by atoms with Gasteiger partial charge in [0.25, 0.3) is 21.6 Å². The fourth-order valence-corrected chi connectivity index (χ4v) is 5.44. The van der Waals surface area contributed by atoms with Gasteiger partial charge in [-0.05, 0) is 28.8 Å². The van der Waals surface area contributed by atoms with E-state index < -0.39 is 20.9 Å². The number of rotatable bonds is 7. The first kappa shape index (κ1) is 24.5. The molecule has 1 aliphatic heterocycles. The molecule has 35 heavy (non-hydrogen) atoms. The third kappa shape index (κ3) is 5.89. The van der Waals surface area contributed by atoms with Crippen molar-refractivity contribution in [1.82, 2.24) is 9.84 Å². The summed E-state index contributed by atoms with van der Waals surface area (Å²) in [6, 6.07) is 21.9. The lowest BCUT2D eigenvalue weighted by atomic mass is 10.1. The molecular formula is C24H17N3O5S3. The van der Waals surface area contributed by atoms with Gasteiger partial charge in [-0.15, -0.1) is 4.83 Å². The number of nitrogens with one attached hydrogen (secondary N) is 1. The van der Waals surface area contributed by atoms with Crippen LogP contribution in [0.15, 0.2) is 88.7 Å². The van der Waals surface area contributed by atoms with Crippen LogP contribution in [0.25, 0.3) is 18.2 Å². The van der Waals surface area contributed by atoms with Crippen molar-refractivity contribution in [2.45, 2.75) is 4.90 Å². The monoisotopic (exact) mass is 523 g/mol. The van der Waals surface area contributed by atoms with Crippen LogP contribution in [0.3, 0.4) is 0 Å². The Morgan fingerprint density at radius 2 is 1.54 bits per heavy atom. The van der Waals surface area contributed by atoms with Crippen LogP contribution in [-0.4, -0.2) is 28.6 Å². The zero-order valence-corrected chi connectivity index (χ0v) is 20.3. The van der Waals surface area contributed by atoms with Gasteiger partial charge in [-0.2, -0.15) is 0 Å². The molecule has 3 aromatic carbocycles. The number of amides is 1. The van der Waals surface area contributed by atoms with Crippen LogP contribution >= 0.6 is 24.0 Å². The van der Waals surface area contributed by atoms with Crippen molar-refractivity contribution in [3.8, 4) is 0 Å². The number of nitro groups is 1. The molecular weight excluding hydrogens is 506 g/mol. The number of hydrogen-bond donors (Lipinski definition) is 1. The number of thiocarbonyl (C=S) groups is 1. The summed E-state index contributed by atoms with van der Waals surface area (Å²) in [6.07, 6.45) is 5.58. The molecule has 0 radical (unpaired) electrons. The quantitative estimate of drug-likeness (QED) is 0.155. The molecule has 0 atom stereocenters. The molecule has 1 aliphatic rings. The van der Waals surface area contributed by atoms with Gasteiger partial charge < -0.3 is 0 Å². The number of carbonyl (C=O) groups is 1. The van der Waals surface area contributed by atoms with Crippen molar-refractivity contribution < 1.29 is 18.1 Å². The van der Waals surface area contributed by atoms with Crippen molar-refractivity contribution in [2.24, 2.45) is 0 Å². The van der Waals surface area contributed by atoms with Crippen molar-refractivity contribution >= 4 is 68.1 Å². The second-order valence-electron chi connectivity index (χ2n) is 7.28. The molecule has 1 fully saturated rings. The van der Waals surface area contributed by atoms with Crippen LogP contribution in [-0.2, 0) is 14.8 Å². The molecule has 8 nitrogen and oxygen atoms in total. The Bertz CT molecular complexity index is 1470. The maximum absolute atomic E-state index is 12.8. The Morgan fingerprint density at radius 1 is 0.914 bits per heavy atom. The zero-order valence-electron chi connectivity index (χ0n) is 17.9. The normalized spacial score (nSPS) is 15.3. The molecule has 1 N–H and O–H groups in total. The van der Waals surface area contributed by atoms with Gasteiger partial charge in [-0.25, -0.2) is 13.4 Å². The number of carbonyl (C=O) groups excluding carboxylic acids is 1. The summed E-state index contributed by atoms with van der Waals surface area (Å²) >= 11 is 6.13. The number of benzene rings is 3. The maximum atomic E-state index is 12.8. The lowest BCUT2D eigenvalue weighted by molar-refractivity contribution is -0.385. The van der Waals surface area contributed by atoms with Crippen molar-refractivity contribution in [3.63, 3.8) is 0 Å². The second kappa shape index (κ2) is 10.3. The van der Waals surface area contributed by atoms with Gasteiger partial charge in [-0.3, -0.25) is 14.9 Å². The Morgan fingerprint density at radius 3 is 2.20 bits per heavy atom. The smallest absolute Gasteiger partial charge is 0.267 e. The van der Waals surface area contributed by atoms with E-state index in [1.54, 1.807) is 6.08 Å². The number of thioether (sulfide) groups is 1. The highest BCUT2D eigenvalue weighted by Crippen LogP contribution is 2.32. The minimum atomic E-state index is -4.28. The van der Waals surface area contributed by atoms with Crippen LogP contribution in [0.1, 0.15) is 16.7 Å². The van der Waals surface area contributed by atoms with Gasteiger partial charge >= 0.3 is 0 Å². The Hall–Kier alpha value is -3.64. The van der Waals surface area contributed by atoms with Gasteiger partial charge in [0.15, 0.2) is 4.32 Å². The van der Waals surface area contributed by atoms with E-state index in [-0.39, 0.29) is 19.8 Å². The van der Waals surface area contributed by atoms with Gasteiger partial charge in [0.1, 0.15) is 0 Å². The first-order valence-corrected chi connectivity index (χ1v) is 12.8. The summed E-state index contributed by atoms with van der Waals surface area (Å²) in [7, 11) is -4.28. The fraction of sp³-hybridized carbons (Fsp3) is 0. The highest BCUT2D eigenvalue weighted by molar-refractivity contribution is 8.26. The van der Waals surface area contributed by atoms with Gasteiger partial charge in [0.05, 0.1) is 14.7 Å². The third-order valence-electron chi connectivity index (χ3n) is 4.85. The average Bonchev–Trinajstić information content (AvgIpc) is 3.11. The van der Waals surface area contributed by atoms with Crippen molar-refractivity contribution in [1.29, 1.82) is 0 Å². The van der Waals surface area contributed by atoms with Gasteiger partial charge in [0, 0.05) is 12.1 Å². The standard InChI is InChI=1S/C24H17N3O5S3/c28-23-22(15-19-13-11-18(12-14-19)10-9-17-5-2-1-3-6-17)34-24(33)26(23)25-35(31,32)21-8-4-7-20(16-21)27(29)30/h1-16,25H/b10-9+,22-15+. The van der Waals surface area contributed by atoms with Crippen LogP contribution < -0.4 is 4.83 Å². The molecule has 0 aromatic heterocycles. The Kier molecular flexibility index (Phi) is 7.22. The molecule has 0 saturated carbocycles. The molecule has 0 unspecified atom stereocenters. The Labute approximate surface area is 211 Å². The van der Waals surface area contributed by atoms with E-state index in [0.29, 0.717) is 0 Å². The molecule has 0 spiro atoms. The number of non-ortho nitro benzene ring substituents is 1. The Balaban J connectivity index is 1.48. The molecule has 1 amide bonds. The highest BCUT2D eigenvalue weighted by Gasteiger charge is 2.35. The topological polar surface area (TPSA) is 110 Å². The molecule has 1 heterocycles. The van der Waals surface area contributed by atoms with E-state index in [1.807, 2.05) is 66.7 Å². The lowest BCUT2D eigenvalue weighted by Crippen LogP contribution is -2.44. The zero-order chi connectivity index (χ0) is 25.0. The third-order valence-corrected chi connectivity index (χ3v) is 7.45. The summed E-state index contributed by atoms with van der Waals surface area (Å²) in [6.45, 7) is 0.